The Balaban J connectivity index is 0.00000288. The summed E-state index contributed by atoms with van der Waals surface area (Å²) in [4.78, 5) is 4.59. The molecule has 1 aromatic heterocycles. The lowest BCUT2D eigenvalue weighted by Crippen LogP contribution is -2.37. The van der Waals surface area contributed by atoms with E-state index in [0.29, 0.717) is 6.54 Å². The summed E-state index contributed by atoms with van der Waals surface area (Å²) in [6.45, 7) is 4.38. The maximum absolute atomic E-state index is 6.00. The Kier molecular flexibility index (Phi) is 9.78. The third-order valence-corrected chi connectivity index (χ3v) is 3.58. The molecule has 5 nitrogen and oxygen atoms in total. The van der Waals surface area contributed by atoms with Gasteiger partial charge in [0.25, 0.3) is 0 Å². The van der Waals surface area contributed by atoms with E-state index >= 15 is 0 Å². The van der Waals surface area contributed by atoms with Crippen LogP contribution in [0, 0.1) is 0 Å². The number of halogens is 2. The Morgan fingerprint density at radius 1 is 1.29 bits per heavy atom. The first-order valence-electron chi connectivity index (χ1n) is 7.91. The number of aliphatic imine (C=N–C) groups is 1. The Morgan fingerprint density at radius 2 is 2.12 bits per heavy atom. The van der Waals surface area contributed by atoms with Gasteiger partial charge < -0.3 is 10.6 Å². The third-order valence-electron chi connectivity index (χ3n) is 3.35. The van der Waals surface area contributed by atoms with E-state index in [2.05, 4.69) is 33.8 Å². The average molecular weight is 462 g/mol. The van der Waals surface area contributed by atoms with Crippen LogP contribution in [0.4, 0.5) is 0 Å². The Labute approximate surface area is 165 Å². The maximum Gasteiger partial charge on any atom is 0.191 e. The van der Waals surface area contributed by atoms with Crippen LogP contribution in [0.15, 0.2) is 41.7 Å². The van der Waals surface area contributed by atoms with Crippen LogP contribution in [0.3, 0.4) is 0 Å². The largest absolute Gasteiger partial charge is 0.357 e. The van der Waals surface area contributed by atoms with Crippen LogP contribution < -0.4 is 10.6 Å². The van der Waals surface area contributed by atoms with E-state index in [1.165, 1.54) is 5.56 Å². The van der Waals surface area contributed by atoms with Gasteiger partial charge in [-0.3, -0.25) is 4.68 Å². The molecule has 1 heterocycles. The van der Waals surface area contributed by atoms with Crippen molar-refractivity contribution in [1.29, 1.82) is 0 Å². The maximum atomic E-state index is 6.00. The fourth-order valence-corrected chi connectivity index (χ4v) is 2.46. The molecule has 132 valence electrons. The van der Waals surface area contributed by atoms with E-state index in [-0.39, 0.29) is 24.0 Å². The van der Waals surface area contributed by atoms with E-state index in [4.69, 9.17) is 11.6 Å². The number of nitrogens with zero attached hydrogens (tertiary/aromatic N) is 3. The monoisotopic (exact) mass is 461 g/mol. The number of benzene rings is 1. The lowest BCUT2D eigenvalue weighted by atomic mass is 10.2. The van der Waals surface area contributed by atoms with E-state index < -0.39 is 0 Å². The van der Waals surface area contributed by atoms with Crippen LogP contribution in [-0.2, 0) is 20.0 Å². The quantitative estimate of drug-likeness (QED) is 0.288. The van der Waals surface area contributed by atoms with E-state index in [9.17, 15) is 0 Å². The number of aryl methyl sites for hydroxylation is 2. The molecule has 0 aliphatic carbocycles. The van der Waals surface area contributed by atoms with Crippen molar-refractivity contribution in [3.05, 3.63) is 52.8 Å². The molecule has 0 spiro atoms. The lowest BCUT2D eigenvalue weighted by molar-refractivity contribution is 0.740. The Bertz CT molecular complexity index is 641. The summed E-state index contributed by atoms with van der Waals surface area (Å²) in [5.74, 6) is 0.832. The fraction of sp³-hybridized carbons (Fsp3) is 0.412. The molecular weight excluding hydrogens is 437 g/mol. The molecule has 1 aromatic carbocycles. The van der Waals surface area contributed by atoms with Crippen molar-refractivity contribution in [3.63, 3.8) is 0 Å². The number of guanidine groups is 1. The molecule has 0 aliphatic rings. The summed E-state index contributed by atoms with van der Waals surface area (Å²) in [6.07, 6.45) is 6.01. The highest BCUT2D eigenvalue weighted by molar-refractivity contribution is 14.0. The molecule has 0 fully saturated rings. The molecule has 2 N–H and O–H groups in total. The Morgan fingerprint density at radius 3 is 2.79 bits per heavy atom. The number of hydrogen-bond donors (Lipinski definition) is 2. The van der Waals surface area contributed by atoms with Gasteiger partial charge in [-0.15, -0.1) is 24.0 Å². The summed E-state index contributed by atoms with van der Waals surface area (Å²) in [7, 11) is 1.94. The first kappa shape index (κ1) is 20.8. The molecular formula is C17H25ClIN5. The van der Waals surface area contributed by atoms with Crippen molar-refractivity contribution in [2.45, 2.75) is 26.3 Å². The zero-order valence-electron chi connectivity index (χ0n) is 14.1. The average Bonchev–Trinajstić information content (AvgIpc) is 2.94. The summed E-state index contributed by atoms with van der Waals surface area (Å²) < 4.78 is 1.83. The highest BCUT2D eigenvalue weighted by Gasteiger charge is 2.00. The SMILES string of the molecule is CCNC(=NCc1cccc(Cl)c1)NCCCc1cnn(C)c1.I. The molecule has 0 aliphatic heterocycles. The second-order valence-electron chi connectivity index (χ2n) is 5.38. The van der Waals surface area contributed by atoms with Crippen molar-refractivity contribution in [2.24, 2.45) is 12.0 Å². The molecule has 7 heteroatoms. The fourth-order valence-electron chi connectivity index (χ4n) is 2.25. The number of rotatable bonds is 7. The molecule has 0 saturated heterocycles. The third kappa shape index (κ3) is 7.53. The minimum atomic E-state index is 0. The molecule has 24 heavy (non-hydrogen) atoms. The molecule has 2 aromatic rings. The van der Waals surface area contributed by atoms with Gasteiger partial charge >= 0.3 is 0 Å². The normalized spacial score (nSPS) is 11.0. The van der Waals surface area contributed by atoms with Gasteiger partial charge in [0.2, 0.25) is 0 Å². The molecule has 0 unspecified atom stereocenters. The number of nitrogens with one attached hydrogen (secondary N) is 2. The highest BCUT2D eigenvalue weighted by Crippen LogP contribution is 2.11. The van der Waals surface area contributed by atoms with E-state index in [1.54, 1.807) is 0 Å². The standard InChI is InChI=1S/C17H24ClN5.HI/c1-3-19-17(21-11-14-6-4-8-16(18)10-14)20-9-5-7-15-12-22-23(2)13-15;/h4,6,8,10,12-13H,3,5,7,9,11H2,1-2H3,(H2,19,20,21);1H. The molecule has 0 radical (unpaired) electrons. The predicted octanol–water partition coefficient (Wildman–Crippen LogP) is 3.38. The van der Waals surface area contributed by atoms with Crippen LogP contribution >= 0.6 is 35.6 Å². The minimum absolute atomic E-state index is 0. The van der Waals surface area contributed by atoms with Crippen LogP contribution in [0.1, 0.15) is 24.5 Å². The summed E-state index contributed by atoms with van der Waals surface area (Å²) in [5, 5.41) is 11.5. The second kappa shape index (κ2) is 11.3. The van der Waals surface area contributed by atoms with Crippen LogP contribution in [0.25, 0.3) is 0 Å². The van der Waals surface area contributed by atoms with Crippen molar-refractivity contribution in [1.82, 2.24) is 20.4 Å². The predicted molar refractivity (Wildman–Crippen MR) is 111 cm³/mol. The van der Waals surface area contributed by atoms with Gasteiger partial charge in [-0.05, 0) is 43.0 Å². The van der Waals surface area contributed by atoms with Gasteiger partial charge in [-0.2, -0.15) is 5.10 Å². The first-order valence-corrected chi connectivity index (χ1v) is 8.29. The van der Waals surface area contributed by atoms with Crippen LogP contribution in [0.5, 0.6) is 0 Å². The van der Waals surface area contributed by atoms with Crippen molar-refractivity contribution < 1.29 is 0 Å². The first-order chi connectivity index (χ1) is 11.2. The van der Waals surface area contributed by atoms with Gasteiger partial charge in [0, 0.05) is 31.4 Å². The topological polar surface area (TPSA) is 54.2 Å². The zero-order chi connectivity index (χ0) is 16.5. The zero-order valence-corrected chi connectivity index (χ0v) is 17.2. The highest BCUT2D eigenvalue weighted by atomic mass is 127. The molecule has 2 rings (SSSR count). The van der Waals surface area contributed by atoms with Gasteiger partial charge in [-0.1, -0.05) is 23.7 Å². The smallest absolute Gasteiger partial charge is 0.191 e. The molecule has 0 bridgehead atoms. The minimum Gasteiger partial charge on any atom is -0.357 e. The summed E-state index contributed by atoms with van der Waals surface area (Å²) in [6, 6.07) is 7.79. The van der Waals surface area contributed by atoms with Crippen molar-refractivity contribution in [3.8, 4) is 0 Å². The van der Waals surface area contributed by atoms with Gasteiger partial charge in [0.15, 0.2) is 5.96 Å². The van der Waals surface area contributed by atoms with E-state index in [1.807, 2.05) is 42.2 Å². The second-order valence-corrected chi connectivity index (χ2v) is 5.81. The van der Waals surface area contributed by atoms with Gasteiger partial charge in [0.1, 0.15) is 0 Å². The molecule has 0 saturated carbocycles. The number of hydrogen-bond acceptors (Lipinski definition) is 2. The molecule has 0 atom stereocenters. The van der Waals surface area contributed by atoms with Gasteiger partial charge in [0.05, 0.1) is 12.7 Å². The van der Waals surface area contributed by atoms with E-state index in [0.717, 1.165) is 42.5 Å². The lowest BCUT2D eigenvalue weighted by Gasteiger charge is -2.11. The van der Waals surface area contributed by atoms with Crippen LogP contribution in [-0.4, -0.2) is 28.8 Å². The van der Waals surface area contributed by atoms with Crippen LogP contribution in [0.2, 0.25) is 5.02 Å². The summed E-state index contributed by atoms with van der Waals surface area (Å²) >= 11 is 6.00. The van der Waals surface area contributed by atoms with Crippen molar-refractivity contribution >= 4 is 41.5 Å². The van der Waals surface area contributed by atoms with Crippen molar-refractivity contribution in [2.75, 3.05) is 13.1 Å². The molecule has 0 amide bonds. The summed E-state index contributed by atoms with van der Waals surface area (Å²) in [5.41, 5.74) is 2.36. The van der Waals surface area contributed by atoms with Gasteiger partial charge in [-0.25, -0.2) is 4.99 Å². The Hall–Kier alpha value is -1.28. The number of aromatic nitrogens is 2.